The van der Waals surface area contributed by atoms with Crippen LogP contribution in [0.1, 0.15) is 16.1 Å². The molecule has 0 bridgehead atoms. The lowest BCUT2D eigenvalue weighted by molar-refractivity contribution is 0.0684. The molecule has 6 heteroatoms. The zero-order chi connectivity index (χ0) is 14.0. The normalized spacial score (nSPS) is 10.2. The van der Waals surface area contributed by atoms with E-state index in [-0.39, 0.29) is 11.4 Å². The fraction of sp³-hybridized carbons (Fsp3) is 0.154. The van der Waals surface area contributed by atoms with Crippen molar-refractivity contribution in [1.82, 2.24) is 9.78 Å². The first-order valence-electron chi connectivity index (χ1n) is 5.51. The number of aromatic nitrogens is 2. The molecule has 6 nitrogen and oxygen atoms in total. The number of hydrogen-bond donors (Lipinski definition) is 1. The highest BCUT2D eigenvalue weighted by Gasteiger charge is 2.16. The fourth-order valence-corrected chi connectivity index (χ4v) is 1.61. The number of carboxylic acids is 1. The monoisotopic (exact) mass is 260 g/mol. The lowest BCUT2D eigenvalue weighted by Crippen LogP contribution is -2.24. The quantitative estimate of drug-likeness (QED) is 0.898. The van der Waals surface area contributed by atoms with E-state index in [4.69, 9.17) is 9.84 Å². The molecule has 0 fully saturated rings. The Kier molecular flexibility index (Phi) is 3.33. The van der Waals surface area contributed by atoms with Gasteiger partial charge in [0.05, 0.1) is 18.9 Å². The summed E-state index contributed by atoms with van der Waals surface area (Å²) < 4.78 is 5.87. The number of hydrogen-bond acceptors (Lipinski definition) is 4. The van der Waals surface area contributed by atoms with Gasteiger partial charge in [-0.3, -0.25) is 4.79 Å². The Hall–Kier alpha value is -2.63. The van der Waals surface area contributed by atoms with Crippen LogP contribution in [0.5, 0.6) is 5.75 Å². The van der Waals surface area contributed by atoms with E-state index in [2.05, 4.69) is 5.10 Å². The Bertz CT molecular complexity index is 674. The van der Waals surface area contributed by atoms with Crippen molar-refractivity contribution < 1.29 is 14.6 Å². The minimum Gasteiger partial charge on any atom is -0.494 e. The van der Waals surface area contributed by atoms with E-state index >= 15 is 0 Å². The molecule has 1 aromatic carbocycles. The van der Waals surface area contributed by atoms with E-state index in [0.717, 1.165) is 16.3 Å². The van der Waals surface area contributed by atoms with Crippen LogP contribution in [0.3, 0.4) is 0 Å². The molecule has 0 aliphatic rings. The number of aryl methyl sites for hydroxylation is 1. The molecule has 0 saturated carbocycles. The van der Waals surface area contributed by atoms with E-state index < -0.39 is 11.5 Å². The lowest BCUT2D eigenvalue weighted by atomic mass is 10.2. The maximum Gasteiger partial charge on any atom is 0.360 e. The molecule has 0 aliphatic carbocycles. The van der Waals surface area contributed by atoms with Gasteiger partial charge in [0.25, 0.3) is 5.56 Å². The van der Waals surface area contributed by atoms with Crippen molar-refractivity contribution >= 4 is 5.97 Å². The summed E-state index contributed by atoms with van der Waals surface area (Å²) >= 11 is 0. The number of rotatable bonds is 3. The predicted molar refractivity (Wildman–Crippen MR) is 68.1 cm³/mol. The van der Waals surface area contributed by atoms with Gasteiger partial charge in [-0.25, -0.2) is 4.79 Å². The molecule has 0 spiro atoms. The average Bonchev–Trinajstić information content (AvgIpc) is 2.39. The number of ether oxygens (including phenoxy) is 1. The Labute approximate surface area is 108 Å². The molecule has 1 N–H and O–H groups in total. The Morgan fingerprint density at radius 1 is 1.32 bits per heavy atom. The van der Waals surface area contributed by atoms with E-state index in [1.165, 1.54) is 7.11 Å². The van der Waals surface area contributed by atoms with Gasteiger partial charge in [-0.2, -0.15) is 9.78 Å². The zero-order valence-corrected chi connectivity index (χ0v) is 10.5. The Morgan fingerprint density at radius 3 is 2.47 bits per heavy atom. The summed E-state index contributed by atoms with van der Waals surface area (Å²) in [6.07, 6.45) is 0. The van der Waals surface area contributed by atoms with Gasteiger partial charge in [-0.1, -0.05) is 17.7 Å². The van der Waals surface area contributed by atoms with Crippen LogP contribution < -0.4 is 10.3 Å². The maximum absolute atomic E-state index is 11.9. The van der Waals surface area contributed by atoms with Gasteiger partial charge >= 0.3 is 5.97 Å². The Morgan fingerprint density at radius 2 is 1.95 bits per heavy atom. The van der Waals surface area contributed by atoms with Crippen LogP contribution in [0.15, 0.2) is 35.1 Å². The number of aromatic carboxylic acids is 1. The molecular formula is C13H12N2O4. The minimum atomic E-state index is -1.25. The molecule has 0 aliphatic heterocycles. The summed E-state index contributed by atoms with van der Waals surface area (Å²) in [5.41, 5.74) is 0.776. The van der Waals surface area contributed by atoms with Crippen molar-refractivity contribution in [1.29, 1.82) is 0 Å². The second kappa shape index (κ2) is 4.93. The van der Waals surface area contributed by atoms with Gasteiger partial charge in [0.1, 0.15) is 0 Å². The summed E-state index contributed by atoms with van der Waals surface area (Å²) in [6, 6.07) is 8.13. The van der Waals surface area contributed by atoms with Crippen molar-refractivity contribution in [2.75, 3.05) is 7.11 Å². The van der Waals surface area contributed by atoms with Crippen molar-refractivity contribution in [2.24, 2.45) is 0 Å². The fourth-order valence-electron chi connectivity index (χ4n) is 1.61. The lowest BCUT2D eigenvalue weighted by Gasteiger charge is -2.08. The molecule has 1 aromatic heterocycles. The summed E-state index contributed by atoms with van der Waals surface area (Å²) in [4.78, 5) is 23.0. The van der Waals surface area contributed by atoms with E-state index in [0.29, 0.717) is 5.69 Å². The molecule has 98 valence electrons. The Balaban J connectivity index is 2.64. The van der Waals surface area contributed by atoms with Crippen LogP contribution in [0.4, 0.5) is 0 Å². The standard InChI is InChI=1S/C13H12N2O4/c1-8-3-5-9(6-4-8)15-11(16)7-10(19-2)12(14-15)13(17)18/h3-7H,1-2H3,(H,17,18). The summed E-state index contributed by atoms with van der Waals surface area (Å²) in [7, 11) is 1.29. The van der Waals surface area contributed by atoms with Crippen LogP contribution in [-0.2, 0) is 0 Å². The molecule has 0 saturated heterocycles. The largest absolute Gasteiger partial charge is 0.494 e. The van der Waals surface area contributed by atoms with Crippen LogP contribution in [-0.4, -0.2) is 28.0 Å². The molecule has 0 atom stereocenters. The van der Waals surface area contributed by atoms with Crippen molar-refractivity contribution in [3.63, 3.8) is 0 Å². The topological polar surface area (TPSA) is 81.4 Å². The van der Waals surface area contributed by atoms with Crippen molar-refractivity contribution in [3.8, 4) is 11.4 Å². The molecule has 0 unspecified atom stereocenters. The smallest absolute Gasteiger partial charge is 0.360 e. The van der Waals surface area contributed by atoms with Gasteiger partial charge in [0.15, 0.2) is 5.75 Å². The molecule has 0 amide bonds. The first-order chi connectivity index (χ1) is 9.02. The first-order valence-corrected chi connectivity index (χ1v) is 5.51. The van der Waals surface area contributed by atoms with Crippen LogP contribution in [0.2, 0.25) is 0 Å². The molecule has 19 heavy (non-hydrogen) atoms. The number of carboxylic acid groups (broad SMARTS) is 1. The van der Waals surface area contributed by atoms with Crippen LogP contribution >= 0.6 is 0 Å². The van der Waals surface area contributed by atoms with Gasteiger partial charge in [-0.05, 0) is 19.1 Å². The van der Waals surface area contributed by atoms with E-state index in [1.54, 1.807) is 12.1 Å². The molecular weight excluding hydrogens is 248 g/mol. The predicted octanol–water partition coefficient (Wildman–Crippen LogP) is 1.25. The second-order valence-electron chi connectivity index (χ2n) is 3.95. The van der Waals surface area contributed by atoms with E-state index in [9.17, 15) is 9.59 Å². The van der Waals surface area contributed by atoms with Gasteiger partial charge in [0.2, 0.25) is 5.69 Å². The third-order valence-electron chi connectivity index (χ3n) is 2.60. The third-order valence-corrected chi connectivity index (χ3v) is 2.60. The highest BCUT2D eigenvalue weighted by molar-refractivity contribution is 5.88. The molecule has 1 heterocycles. The maximum atomic E-state index is 11.9. The van der Waals surface area contributed by atoms with Gasteiger partial charge in [-0.15, -0.1) is 0 Å². The summed E-state index contributed by atoms with van der Waals surface area (Å²) in [5.74, 6) is -1.31. The second-order valence-corrected chi connectivity index (χ2v) is 3.95. The molecule has 2 aromatic rings. The van der Waals surface area contributed by atoms with E-state index in [1.807, 2.05) is 19.1 Å². The zero-order valence-electron chi connectivity index (χ0n) is 10.5. The first kappa shape index (κ1) is 12.8. The average molecular weight is 260 g/mol. The highest BCUT2D eigenvalue weighted by atomic mass is 16.5. The van der Waals surface area contributed by atoms with Gasteiger partial charge < -0.3 is 9.84 Å². The SMILES string of the molecule is COc1cc(=O)n(-c2ccc(C)cc2)nc1C(=O)O. The highest BCUT2D eigenvalue weighted by Crippen LogP contribution is 2.14. The number of methoxy groups -OCH3 is 1. The third kappa shape index (κ3) is 2.47. The van der Waals surface area contributed by atoms with Crippen LogP contribution in [0, 0.1) is 6.92 Å². The van der Waals surface area contributed by atoms with Crippen molar-refractivity contribution in [2.45, 2.75) is 6.92 Å². The van der Waals surface area contributed by atoms with Crippen LogP contribution in [0.25, 0.3) is 5.69 Å². The summed E-state index contributed by atoms with van der Waals surface area (Å²) in [6.45, 7) is 1.91. The number of carbonyl (C=O) groups is 1. The minimum absolute atomic E-state index is 0.0548. The number of benzene rings is 1. The molecule has 0 radical (unpaired) electrons. The summed E-state index contributed by atoms with van der Waals surface area (Å²) in [5, 5.41) is 12.9. The molecule has 2 rings (SSSR count). The van der Waals surface area contributed by atoms with Crippen molar-refractivity contribution in [3.05, 3.63) is 51.9 Å². The van der Waals surface area contributed by atoms with Gasteiger partial charge in [0, 0.05) is 0 Å². The number of nitrogens with zero attached hydrogens (tertiary/aromatic N) is 2.